The molecule has 0 aromatic heterocycles. The van der Waals surface area contributed by atoms with Gasteiger partial charge in [-0.3, -0.25) is 0 Å². The Hall–Kier alpha value is 0.770. The summed E-state index contributed by atoms with van der Waals surface area (Å²) in [5.41, 5.74) is 0. The van der Waals surface area contributed by atoms with Gasteiger partial charge in [-0.05, 0) is 0 Å². The van der Waals surface area contributed by atoms with E-state index in [1.807, 2.05) is 0 Å². The van der Waals surface area contributed by atoms with E-state index >= 15 is 0 Å². The normalized spacial score (nSPS) is 7.50. The van der Waals surface area contributed by atoms with Crippen molar-refractivity contribution in [1.29, 1.82) is 0 Å². The van der Waals surface area contributed by atoms with Gasteiger partial charge in [-0.25, -0.2) is 0 Å². The van der Waals surface area contributed by atoms with Crippen LogP contribution < -0.4 is 0 Å². The van der Waals surface area contributed by atoms with Gasteiger partial charge in [0.15, 0.2) is 0 Å². The molecule has 0 N–H and O–H groups in total. The van der Waals surface area contributed by atoms with Crippen LogP contribution in [0.3, 0.4) is 0 Å². The second kappa shape index (κ2) is 3.77. The standard InChI is InChI=1S/C2H4BrCl/c3-1-2-4/h1-2H2/i1+1. The van der Waals surface area contributed by atoms with Gasteiger partial charge in [0.1, 0.15) is 0 Å². The molecular formula is C2H4BrCl. The Labute approximate surface area is 39.3 Å². The number of alkyl halides is 2. The fourth-order valence-corrected chi connectivity index (χ4v) is 0. The summed E-state index contributed by atoms with van der Waals surface area (Å²) in [5.74, 6) is 0.708. The molecule has 0 aliphatic heterocycles. The molecule has 0 fully saturated rings. The predicted octanol–water partition coefficient (Wildman–Crippen LogP) is 1.62. The zero-order valence-corrected chi connectivity index (χ0v) is 4.51. The maximum atomic E-state index is 5.14. The van der Waals surface area contributed by atoms with E-state index in [0.717, 1.165) is 5.33 Å². The summed E-state index contributed by atoms with van der Waals surface area (Å²) >= 11 is 8.26. The van der Waals surface area contributed by atoms with E-state index in [0.29, 0.717) is 5.88 Å². The third-order valence-electron chi connectivity index (χ3n) is 0.0714. The average Bonchev–Trinajstić information content (AvgIpc) is 1.37. The van der Waals surface area contributed by atoms with Crippen molar-refractivity contribution in [2.75, 3.05) is 11.2 Å². The third-order valence-corrected chi connectivity index (χ3v) is 1.11. The molecule has 0 saturated heterocycles. The van der Waals surface area contributed by atoms with Gasteiger partial charge in [-0.1, -0.05) is 15.9 Å². The molecule has 0 spiro atoms. The van der Waals surface area contributed by atoms with Gasteiger partial charge >= 0.3 is 0 Å². The molecule has 4 heavy (non-hydrogen) atoms. The lowest BCUT2D eigenvalue weighted by Gasteiger charge is -1.63. The SMILES string of the molecule is ClC[13CH2]Br. The van der Waals surface area contributed by atoms with Crippen LogP contribution in [0.4, 0.5) is 0 Å². The Kier molecular flexibility index (Phi) is 4.50. The largest absolute Gasteiger partial charge is 0.126 e. The third kappa shape index (κ3) is 2.77. The van der Waals surface area contributed by atoms with E-state index in [4.69, 9.17) is 11.6 Å². The zero-order chi connectivity index (χ0) is 3.41. The Morgan fingerprint density at radius 1 is 1.75 bits per heavy atom. The fraction of sp³-hybridized carbons (Fsp3) is 1.00. The molecule has 0 aromatic rings. The van der Waals surface area contributed by atoms with Crippen molar-refractivity contribution in [2.45, 2.75) is 0 Å². The summed E-state index contributed by atoms with van der Waals surface area (Å²) in [6.45, 7) is 0. The number of rotatable bonds is 1. The van der Waals surface area contributed by atoms with Crippen molar-refractivity contribution in [3.05, 3.63) is 0 Å². The van der Waals surface area contributed by atoms with E-state index in [-0.39, 0.29) is 0 Å². The first-order valence-corrected chi connectivity index (χ1v) is 2.69. The first-order chi connectivity index (χ1) is 1.91. The monoisotopic (exact) mass is 143 g/mol. The van der Waals surface area contributed by atoms with Gasteiger partial charge in [-0.15, -0.1) is 11.6 Å². The van der Waals surface area contributed by atoms with E-state index in [9.17, 15) is 0 Å². The van der Waals surface area contributed by atoms with Gasteiger partial charge < -0.3 is 0 Å². The van der Waals surface area contributed by atoms with Crippen LogP contribution in [0, 0.1) is 0 Å². The minimum Gasteiger partial charge on any atom is -0.126 e. The maximum Gasteiger partial charge on any atom is 0.0320 e. The van der Waals surface area contributed by atoms with Crippen LogP contribution in [-0.4, -0.2) is 11.2 Å². The van der Waals surface area contributed by atoms with Crippen LogP contribution in [0.5, 0.6) is 0 Å². The van der Waals surface area contributed by atoms with Gasteiger partial charge in [0.2, 0.25) is 0 Å². The van der Waals surface area contributed by atoms with Crippen molar-refractivity contribution in [1.82, 2.24) is 0 Å². The minimum absolute atomic E-state index is 0.708. The zero-order valence-electron chi connectivity index (χ0n) is 2.17. The summed E-state index contributed by atoms with van der Waals surface area (Å²) in [6, 6.07) is 0. The highest BCUT2D eigenvalue weighted by molar-refractivity contribution is 9.09. The average molecular weight is 144 g/mol. The van der Waals surface area contributed by atoms with Crippen molar-refractivity contribution in [3.63, 3.8) is 0 Å². The minimum atomic E-state index is 0.708. The lowest BCUT2D eigenvalue weighted by molar-refractivity contribution is 1.57. The fourth-order valence-electron chi connectivity index (χ4n) is 0. The molecule has 2 heteroatoms. The van der Waals surface area contributed by atoms with Crippen LogP contribution in [0.2, 0.25) is 0 Å². The molecule has 26 valence electrons. The van der Waals surface area contributed by atoms with Gasteiger partial charge in [-0.2, -0.15) is 0 Å². The summed E-state index contributed by atoms with van der Waals surface area (Å²) in [7, 11) is 0. The summed E-state index contributed by atoms with van der Waals surface area (Å²) in [4.78, 5) is 0. The summed E-state index contributed by atoms with van der Waals surface area (Å²) in [5, 5.41) is 0.897. The second-order valence-corrected chi connectivity index (χ2v) is 1.55. The molecule has 0 unspecified atom stereocenters. The Balaban J connectivity index is 1.97. The summed E-state index contributed by atoms with van der Waals surface area (Å²) in [6.07, 6.45) is 0. The lowest BCUT2D eigenvalue weighted by Crippen LogP contribution is -1.62. The van der Waals surface area contributed by atoms with Crippen molar-refractivity contribution < 1.29 is 0 Å². The van der Waals surface area contributed by atoms with Crippen molar-refractivity contribution >= 4 is 27.5 Å². The highest BCUT2D eigenvalue weighted by atomic mass is 79.9. The van der Waals surface area contributed by atoms with E-state index < -0.39 is 0 Å². The van der Waals surface area contributed by atoms with Crippen LogP contribution in [-0.2, 0) is 0 Å². The molecule has 0 saturated carbocycles. The first-order valence-electron chi connectivity index (χ1n) is 1.03. The van der Waals surface area contributed by atoms with Crippen LogP contribution in [0.15, 0.2) is 0 Å². The molecule has 0 amide bonds. The van der Waals surface area contributed by atoms with Crippen molar-refractivity contribution in [3.8, 4) is 0 Å². The first kappa shape index (κ1) is 4.77. The maximum absolute atomic E-state index is 5.14. The summed E-state index contributed by atoms with van der Waals surface area (Å²) < 4.78 is 0. The molecule has 0 nitrogen and oxygen atoms in total. The van der Waals surface area contributed by atoms with E-state index in [2.05, 4.69) is 15.9 Å². The molecule has 0 heterocycles. The molecule has 0 bridgehead atoms. The molecular weight excluding hydrogens is 140 g/mol. The van der Waals surface area contributed by atoms with Crippen LogP contribution in [0.1, 0.15) is 0 Å². The molecule has 0 atom stereocenters. The number of hydrogen-bond donors (Lipinski definition) is 0. The van der Waals surface area contributed by atoms with Gasteiger partial charge in [0, 0.05) is 11.2 Å². The Morgan fingerprint density at radius 3 is 2.00 bits per heavy atom. The molecule has 0 aliphatic carbocycles. The second-order valence-electron chi connectivity index (χ2n) is 0.378. The van der Waals surface area contributed by atoms with Gasteiger partial charge in [0.05, 0.1) is 0 Å². The molecule has 0 aromatic carbocycles. The Bertz CT molecular complexity index is 8.00. The predicted molar refractivity (Wildman–Crippen MR) is 24.5 cm³/mol. The van der Waals surface area contributed by atoms with Crippen molar-refractivity contribution in [2.24, 2.45) is 0 Å². The highest BCUT2D eigenvalue weighted by Gasteiger charge is 1.61. The molecule has 0 radical (unpaired) electrons. The molecule has 0 aliphatic rings. The lowest BCUT2D eigenvalue weighted by atomic mass is 11.4. The quantitative estimate of drug-likeness (QED) is 0.387. The van der Waals surface area contributed by atoms with Gasteiger partial charge in [0.25, 0.3) is 0 Å². The van der Waals surface area contributed by atoms with Crippen LogP contribution >= 0.6 is 27.5 Å². The smallest absolute Gasteiger partial charge is 0.0320 e. The molecule has 0 rings (SSSR count). The van der Waals surface area contributed by atoms with Crippen LogP contribution in [0.25, 0.3) is 0 Å². The highest BCUT2D eigenvalue weighted by Crippen LogP contribution is 1.79. The number of hydrogen-bond acceptors (Lipinski definition) is 0. The topological polar surface area (TPSA) is 0 Å². The number of halogens is 2. The van der Waals surface area contributed by atoms with E-state index in [1.54, 1.807) is 0 Å². The van der Waals surface area contributed by atoms with E-state index in [1.165, 1.54) is 0 Å². The Morgan fingerprint density at radius 2 is 2.00 bits per heavy atom.